The Kier molecular flexibility index (Phi) is 2.93. The number of nitrogen functional groups attached to an aromatic ring is 1. The largest absolute Gasteiger partial charge is 0.739 e. The Morgan fingerprint density at radius 2 is 1.75 bits per heavy atom. The van der Waals surface area contributed by atoms with Gasteiger partial charge in [0.1, 0.15) is 0 Å². The molecule has 0 aliphatic heterocycles. The lowest BCUT2D eigenvalue weighted by Gasteiger charge is -2.31. The number of hydrogen-bond donors (Lipinski definition) is 2. The number of nitrogens with one attached hydrogen (secondary N) is 1. The SMILES string of the molecule is Nc1cccc(N([O-])Nc2ccccc2)c1. The van der Waals surface area contributed by atoms with E-state index < -0.39 is 0 Å². The molecule has 0 amide bonds. The van der Waals surface area contributed by atoms with Gasteiger partial charge in [0.15, 0.2) is 0 Å². The first kappa shape index (κ1) is 10.3. The zero-order valence-corrected chi connectivity index (χ0v) is 8.63. The lowest BCUT2D eigenvalue weighted by molar-refractivity contribution is 1.17. The molecule has 4 heteroatoms. The summed E-state index contributed by atoms with van der Waals surface area (Å²) < 4.78 is 0. The Balaban J connectivity index is 2.12. The molecule has 0 bridgehead atoms. The number of nitrogens with two attached hydrogens (primary N) is 1. The monoisotopic (exact) mass is 214 g/mol. The second-order valence-corrected chi connectivity index (χ2v) is 3.37. The zero-order chi connectivity index (χ0) is 11.4. The molecule has 0 spiro atoms. The molecule has 0 aliphatic carbocycles. The summed E-state index contributed by atoms with van der Waals surface area (Å²) in [6.07, 6.45) is 0. The van der Waals surface area contributed by atoms with Crippen LogP contribution in [0, 0.1) is 5.21 Å². The molecule has 0 saturated carbocycles. The van der Waals surface area contributed by atoms with Gasteiger partial charge in [-0.2, -0.15) is 0 Å². The van der Waals surface area contributed by atoms with Crippen molar-refractivity contribution in [1.82, 2.24) is 0 Å². The molecule has 3 N–H and O–H groups in total. The Bertz CT molecular complexity index is 459. The quantitative estimate of drug-likeness (QED) is 0.609. The van der Waals surface area contributed by atoms with Crippen molar-refractivity contribution in [1.29, 1.82) is 0 Å². The number of hydrazine groups is 1. The van der Waals surface area contributed by atoms with Gasteiger partial charge in [0.2, 0.25) is 0 Å². The van der Waals surface area contributed by atoms with Gasteiger partial charge in [0, 0.05) is 11.4 Å². The Hall–Kier alpha value is -2.20. The molecule has 16 heavy (non-hydrogen) atoms. The number of hydrogen-bond acceptors (Lipinski definition) is 4. The summed E-state index contributed by atoms with van der Waals surface area (Å²) in [4.78, 5) is 0. The Morgan fingerprint density at radius 1 is 1.00 bits per heavy atom. The number of anilines is 3. The Morgan fingerprint density at radius 3 is 2.44 bits per heavy atom. The van der Waals surface area contributed by atoms with E-state index in [-0.39, 0.29) is 0 Å². The van der Waals surface area contributed by atoms with Crippen LogP contribution in [0.25, 0.3) is 0 Å². The maximum Gasteiger partial charge on any atom is 0.0533 e. The molecule has 2 aromatic rings. The maximum atomic E-state index is 11.7. The molecule has 4 nitrogen and oxygen atoms in total. The van der Waals surface area contributed by atoms with Crippen molar-refractivity contribution >= 4 is 17.1 Å². The molecule has 0 saturated heterocycles. The van der Waals surface area contributed by atoms with E-state index >= 15 is 0 Å². The van der Waals surface area contributed by atoms with Crippen molar-refractivity contribution < 1.29 is 0 Å². The summed E-state index contributed by atoms with van der Waals surface area (Å²) >= 11 is 0. The first-order chi connectivity index (χ1) is 7.75. The van der Waals surface area contributed by atoms with Crippen LogP contribution >= 0.6 is 0 Å². The van der Waals surface area contributed by atoms with Gasteiger partial charge in [-0.3, -0.25) is 0 Å². The fraction of sp³-hybridized carbons (Fsp3) is 0. The highest BCUT2D eigenvalue weighted by atomic mass is 16.5. The molecule has 0 aliphatic rings. The molecule has 0 fully saturated rings. The highest BCUT2D eigenvalue weighted by Crippen LogP contribution is 2.17. The summed E-state index contributed by atoms with van der Waals surface area (Å²) in [5.41, 5.74) is 10.1. The predicted octanol–water partition coefficient (Wildman–Crippen LogP) is 2.60. The first-order valence-corrected chi connectivity index (χ1v) is 4.90. The van der Waals surface area contributed by atoms with Gasteiger partial charge in [-0.05, 0) is 30.3 Å². The third-order valence-electron chi connectivity index (χ3n) is 2.11. The summed E-state index contributed by atoms with van der Waals surface area (Å²) in [5, 5.41) is 12.4. The molecule has 0 aromatic heterocycles. The number of rotatable bonds is 3. The van der Waals surface area contributed by atoms with Crippen LogP contribution < -0.4 is 16.3 Å². The average molecular weight is 214 g/mol. The zero-order valence-electron chi connectivity index (χ0n) is 8.63. The van der Waals surface area contributed by atoms with E-state index in [4.69, 9.17) is 5.73 Å². The molecule has 2 aromatic carbocycles. The second kappa shape index (κ2) is 4.55. The molecule has 0 radical (unpaired) electrons. The van der Waals surface area contributed by atoms with Crippen molar-refractivity contribution in [2.45, 2.75) is 0 Å². The number of nitrogens with zero attached hydrogens (tertiary/aromatic N) is 1. The van der Waals surface area contributed by atoms with Crippen molar-refractivity contribution in [3.8, 4) is 0 Å². The fourth-order valence-electron chi connectivity index (χ4n) is 1.35. The lowest BCUT2D eigenvalue weighted by Crippen LogP contribution is -2.22. The third-order valence-corrected chi connectivity index (χ3v) is 2.11. The van der Waals surface area contributed by atoms with E-state index in [1.165, 1.54) is 0 Å². The summed E-state index contributed by atoms with van der Waals surface area (Å²) in [5.74, 6) is 0. The molecule has 0 unspecified atom stereocenters. The van der Waals surface area contributed by atoms with E-state index in [0.29, 0.717) is 16.5 Å². The maximum absolute atomic E-state index is 11.7. The predicted molar refractivity (Wildman–Crippen MR) is 66.8 cm³/mol. The average Bonchev–Trinajstić information content (AvgIpc) is 2.30. The van der Waals surface area contributed by atoms with E-state index in [9.17, 15) is 5.21 Å². The van der Waals surface area contributed by atoms with Gasteiger partial charge in [0.25, 0.3) is 0 Å². The van der Waals surface area contributed by atoms with Crippen molar-refractivity contribution in [2.24, 2.45) is 0 Å². The molecule has 0 heterocycles. The van der Waals surface area contributed by atoms with Crippen LogP contribution in [-0.2, 0) is 0 Å². The first-order valence-electron chi connectivity index (χ1n) is 4.90. The summed E-state index contributed by atoms with van der Waals surface area (Å²) in [6, 6.07) is 16.0. The Labute approximate surface area is 93.9 Å². The fourth-order valence-corrected chi connectivity index (χ4v) is 1.35. The van der Waals surface area contributed by atoms with Crippen LogP contribution in [0.4, 0.5) is 17.1 Å². The van der Waals surface area contributed by atoms with Gasteiger partial charge in [-0.15, -0.1) is 0 Å². The van der Waals surface area contributed by atoms with Crippen molar-refractivity contribution in [3.05, 3.63) is 59.8 Å². The number of benzene rings is 2. The smallest absolute Gasteiger partial charge is 0.0533 e. The highest BCUT2D eigenvalue weighted by Gasteiger charge is 1.96. The van der Waals surface area contributed by atoms with E-state index in [2.05, 4.69) is 5.43 Å². The molecular formula is C12H12N3O-. The van der Waals surface area contributed by atoms with Crippen LogP contribution in [0.15, 0.2) is 54.6 Å². The minimum absolute atomic E-state index is 0.476. The minimum Gasteiger partial charge on any atom is -0.739 e. The van der Waals surface area contributed by atoms with Crippen molar-refractivity contribution in [2.75, 3.05) is 16.3 Å². The highest BCUT2D eigenvalue weighted by molar-refractivity contribution is 5.60. The van der Waals surface area contributed by atoms with Crippen LogP contribution in [0.1, 0.15) is 0 Å². The van der Waals surface area contributed by atoms with Crippen LogP contribution in [0.2, 0.25) is 0 Å². The summed E-state index contributed by atoms with van der Waals surface area (Å²) in [6.45, 7) is 0. The van der Waals surface area contributed by atoms with Gasteiger partial charge >= 0.3 is 0 Å². The van der Waals surface area contributed by atoms with E-state index in [1.807, 2.05) is 30.3 Å². The molecule has 0 atom stereocenters. The number of para-hydroxylation sites is 1. The standard InChI is InChI=1S/C12H12N3O/c13-10-5-4-8-12(9-10)15(16)14-11-6-2-1-3-7-11/h1-9,14H,13H2/q-1. The van der Waals surface area contributed by atoms with Gasteiger partial charge in [-0.1, -0.05) is 24.3 Å². The second-order valence-electron chi connectivity index (χ2n) is 3.37. The van der Waals surface area contributed by atoms with Gasteiger partial charge in [-0.25, -0.2) is 0 Å². The third kappa shape index (κ3) is 2.43. The molecule has 82 valence electrons. The minimum atomic E-state index is 0.476. The molecule has 2 rings (SSSR count). The summed E-state index contributed by atoms with van der Waals surface area (Å²) in [7, 11) is 0. The topological polar surface area (TPSA) is 64.3 Å². The van der Waals surface area contributed by atoms with Crippen LogP contribution in [0.5, 0.6) is 0 Å². The van der Waals surface area contributed by atoms with Gasteiger partial charge < -0.3 is 21.5 Å². The van der Waals surface area contributed by atoms with Crippen molar-refractivity contribution in [3.63, 3.8) is 0 Å². The van der Waals surface area contributed by atoms with E-state index in [1.54, 1.807) is 24.3 Å². The lowest BCUT2D eigenvalue weighted by atomic mass is 10.3. The van der Waals surface area contributed by atoms with Crippen LogP contribution in [-0.4, -0.2) is 0 Å². The van der Waals surface area contributed by atoms with Crippen LogP contribution in [0.3, 0.4) is 0 Å². The van der Waals surface area contributed by atoms with E-state index in [0.717, 1.165) is 5.69 Å². The van der Waals surface area contributed by atoms with Gasteiger partial charge in [0.05, 0.1) is 5.69 Å². The molecular weight excluding hydrogens is 202 g/mol. The normalized spacial score (nSPS) is 9.81.